The van der Waals surface area contributed by atoms with Gasteiger partial charge in [0.15, 0.2) is 0 Å². The first-order valence-electron chi connectivity index (χ1n) is 7.82. The lowest BCUT2D eigenvalue weighted by Gasteiger charge is -2.14. The van der Waals surface area contributed by atoms with Crippen molar-refractivity contribution in [2.24, 2.45) is 5.73 Å². The van der Waals surface area contributed by atoms with Crippen molar-refractivity contribution in [1.82, 2.24) is 10.3 Å². The Morgan fingerprint density at radius 1 is 1.00 bits per heavy atom. The Labute approximate surface area is 145 Å². The van der Waals surface area contributed by atoms with E-state index in [1.807, 2.05) is 36.4 Å². The Morgan fingerprint density at radius 3 is 2.52 bits per heavy atom. The average Bonchev–Trinajstić information content (AvgIpc) is 2.65. The fourth-order valence-electron chi connectivity index (χ4n) is 2.58. The summed E-state index contributed by atoms with van der Waals surface area (Å²) in [5, 5.41) is 3.62. The molecule has 0 aliphatic heterocycles. The fourth-order valence-corrected chi connectivity index (χ4v) is 2.58. The summed E-state index contributed by atoms with van der Waals surface area (Å²) in [6, 6.07) is 17.6. The first-order valence-corrected chi connectivity index (χ1v) is 7.82. The van der Waals surface area contributed by atoms with E-state index in [9.17, 15) is 9.59 Å². The third kappa shape index (κ3) is 3.90. The zero-order chi connectivity index (χ0) is 17.6. The minimum absolute atomic E-state index is 0.402. The lowest BCUT2D eigenvalue weighted by molar-refractivity contribution is -0.125. The van der Waals surface area contributed by atoms with E-state index < -0.39 is 17.9 Å². The highest BCUT2D eigenvalue weighted by molar-refractivity contribution is 5.97. The molecule has 5 nitrogen and oxygen atoms in total. The lowest BCUT2D eigenvalue weighted by Crippen LogP contribution is -2.36. The predicted octanol–water partition coefficient (Wildman–Crippen LogP) is 2.59. The largest absolute Gasteiger partial charge is 0.368 e. The molecule has 0 spiro atoms. The van der Waals surface area contributed by atoms with Crippen molar-refractivity contribution in [3.05, 3.63) is 84.1 Å². The summed E-state index contributed by atoms with van der Waals surface area (Å²) in [5.41, 5.74) is 7.68. The summed E-state index contributed by atoms with van der Waals surface area (Å²) in [6.45, 7) is 0. The average molecular weight is 331 g/mol. The van der Waals surface area contributed by atoms with E-state index in [-0.39, 0.29) is 0 Å². The number of rotatable bonds is 5. The van der Waals surface area contributed by atoms with Crippen LogP contribution in [0.2, 0.25) is 0 Å². The van der Waals surface area contributed by atoms with Gasteiger partial charge in [-0.15, -0.1) is 0 Å². The summed E-state index contributed by atoms with van der Waals surface area (Å²) < 4.78 is 0. The molecule has 3 aromatic rings. The topological polar surface area (TPSA) is 85.1 Å². The molecule has 5 heteroatoms. The van der Waals surface area contributed by atoms with Crippen molar-refractivity contribution in [1.29, 1.82) is 0 Å². The Balaban J connectivity index is 1.79. The molecule has 1 heterocycles. The van der Waals surface area contributed by atoms with Gasteiger partial charge in [0.25, 0.3) is 0 Å². The van der Waals surface area contributed by atoms with Crippen molar-refractivity contribution in [2.45, 2.75) is 6.04 Å². The van der Waals surface area contributed by atoms with Gasteiger partial charge in [-0.2, -0.15) is 0 Å². The van der Waals surface area contributed by atoms with Gasteiger partial charge >= 0.3 is 0 Å². The smallest absolute Gasteiger partial charge is 0.244 e. The number of aromatic nitrogens is 1. The van der Waals surface area contributed by atoms with Crippen molar-refractivity contribution in [3.63, 3.8) is 0 Å². The van der Waals surface area contributed by atoms with E-state index in [1.165, 1.54) is 6.08 Å². The fraction of sp³-hybridized carbons (Fsp3) is 0.0500. The number of nitrogens with zero attached hydrogens (tertiary/aromatic N) is 1. The normalized spacial score (nSPS) is 12.2. The Morgan fingerprint density at radius 2 is 1.76 bits per heavy atom. The number of pyridine rings is 1. The van der Waals surface area contributed by atoms with E-state index in [0.717, 1.165) is 16.5 Å². The molecule has 3 N–H and O–H groups in total. The molecule has 124 valence electrons. The number of para-hydroxylation sites is 1. The van der Waals surface area contributed by atoms with Crippen molar-refractivity contribution in [2.75, 3.05) is 0 Å². The summed E-state index contributed by atoms with van der Waals surface area (Å²) in [6.07, 6.45) is 4.76. The van der Waals surface area contributed by atoms with Crippen LogP contribution in [0.15, 0.2) is 72.9 Å². The number of benzene rings is 2. The second-order valence-corrected chi connectivity index (χ2v) is 5.51. The molecule has 3 rings (SSSR count). The standard InChI is InChI=1S/C20H17N3O2/c21-20(25)19(15-6-2-1-3-7-15)23-17(24)12-11-16-9-4-8-14-10-5-13-22-18(14)16/h1-13,19H,(H2,21,25)(H,23,24)/b12-11+. The van der Waals surface area contributed by atoms with Crippen LogP contribution in [0.1, 0.15) is 17.2 Å². The predicted molar refractivity (Wildman–Crippen MR) is 97.3 cm³/mol. The summed E-state index contributed by atoms with van der Waals surface area (Å²) in [7, 11) is 0. The van der Waals surface area contributed by atoms with Gasteiger partial charge in [0.2, 0.25) is 11.8 Å². The third-order valence-corrected chi connectivity index (χ3v) is 3.78. The van der Waals surface area contributed by atoms with Crippen LogP contribution in [0.4, 0.5) is 0 Å². The van der Waals surface area contributed by atoms with Crippen LogP contribution >= 0.6 is 0 Å². The highest BCUT2D eigenvalue weighted by atomic mass is 16.2. The number of hydrogen-bond acceptors (Lipinski definition) is 3. The quantitative estimate of drug-likeness (QED) is 0.705. The van der Waals surface area contributed by atoms with Gasteiger partial charge in [0, 0.05) is 23.2 Å². The summed E-state index contributed by atoms with van der Waals surface area (Å²) in [5.74, 6) is -1.01. The maximum atomic E-state index is 12.2. The number of carbonyl (C=O) groups is 2. The van der Waals surface area contributed by atoms with Crippen molar-refractivity contribution >= 4 is 28.8 Å². The molecule has 0 saturated carbocycles. The highest BCUT2D eigenvalue weighted by Crippen LogP contribution is 2.17. The first kappa shape index (κ1) is 16.4. The van der Waals surface area contributed by atoms with Gasteiger partial charge in [-0.1, -0.05) is 54.6 Å². The monoisotopic (exact) mass is 331 g/mol. The van der Waals surface area contributed by atoms with E-state index in [2.05, 4.69) is 10.3 Å². The van der Waals surface area contributed by atoms with E-state index in [0.29, 0.717) is 5.56 Å². The highest BCUT2D eigenvalue weighted by Gasteiger charge is 2.18. The van der Waals surface area contributed by atoms with Crippen LogP contribution in [0.5, 0.6) is 0 Å². The van der Waals surface area contributed by atoms with Crippen LogP contribution in [0, 0.1) is 0 Å². The molecule has 0 radical (unpaired) electrons. The molecular formula is C20H17N3O2. The molecule has 1 aromatic heterocycles. The molecule has 1 atom stereocenters. The minimum Gasteiger partial charge on any atom is -0.368 e. The number of nitrogens with two attached hydrogens (primary N) is 1. The summed E-state index contributed by atoms with van der Waals surface area (Å²) in [4.78, 5) is 28.2. The number of nitrogens with one attached hydrogen (secondary N) is 1. The summed E-state index contributed by atoms with van der Waals surface area (Å²) >= 11 is 0. The molecule has 1 unspecified atom stereocenters. The maximum Gasteiger partial charge on any atom is 0.244 e. The minimum atomic E-state index is -0.871. The van der Waals surface area contributed by atoms with E-state index in [1.54, 1.807) is 36.5 Å². The Bertz CT molecular complexity index is 931. The van der Waals surface area contributed by atoms with Crippen molar-refractivity contribution in [3.8, 4) is 0 Å². The molecule has 2 aromatic carbocycles. The molecule has 2 amide bonds. The number of primary amides is 1. The third-order valence-electron chi connectivity index (χ3n) is 3.78. The van der Waals surface area contributed by atoms with Gasteiger partial charge in [-0.05, 0) is 17.7 Å². The molecule has 0 fully saturated rings. The van der Waals surface area contributed by atoms with Gasteiger partial charge < -0.3 is 11.1 Å². The first-order chi connectivity index (χ1) is 12.1. The van der Waals surface area contributed by atoms with Gasteiger partial charge in [0.05, 0.1) is 5.52 Å². The molecule has 25 heavy (non-hydrogen) atoms. The van der Waals surface area contributed by atoms with Gasteiger partial charge in [-0.25, -0.2) is 0 Å². The maximum absolute atomic E-state index is 12.2. The van der Waals surface area contributed by atoms with Crippen LogP contribution < -0.4 is 11.1 Å². The Hall–Kier alpha value is -3.47. The second-order valence-electron chi connectivity index (χ2n) is 5.51. The second kappa shape index (κ2) is 7.40. The molecule has 0 aliphatic carbocycles. The number of amides is 2. The van der Waals surface area contributed by atoms with Crippen LogP contribution in [0.25, 0.3) is 17.0 Å². The number of carbonyl (C=O) groups excluding carboxylic acids is 2. The number of fused-ring (bicyclic) bond motifs is 1. The van der Waals surface area contributed by atoms with Gasteiger partial charge in [0.1, 0.15) is 6.04 Å². The zero-order valence-corrected chi connectivity index (χ0v) is 13.4. The van der Waals surface area contributed by atoms with Crippen LogP contribution in [-0.2, 0) is 9.59 Å². The number of hydrogen-bond donors (Lipinski definition) is 2. The molecule has 0 aliphatic rings. The van der Waals surface area contributed by atoms with E-state index in [4.69, 9.17) is 5.73 Å². The van der Waals surface area contributed by atoms with E-state index >= 15 is 0 Å². The lowest BCUT2D eigenvalue weighted by atomic mass is 10.1. The SMILES string of the molecule is NC(=O)C(NC(=O)/C=C/c1cccc2cccnc12)c1ccccc1. The zero-order valence-electron chi connectivity index (χ0n) is 13.4. The molecular weight excluding hydrogens is 314 g/mol. The van der Waals surface area contributed by atoms with Crippen molar-refractivity contribution < 1.29 is 9.59 Å². The Kier molecular flexibility index (Phi) is 4.85. The van der Waals surface area contributed by atoms with Gasteiger partial charge in [-0.3, -0.25) is 14.6 Å². The van der Waals surface area contributed by atoms with Crippen LogP contribution in [0.3, 0.4) is 0 Å². The molecule has 0 bridgehead atoms. The van der Waals surface area contributed by atoms with Crippen LogP contribution in [-0.4, -0.2) is 16.8 Å². The molecule has 0 saturated heterocycles.